The van der Waals surface area contributed by atoms with Crippen molar-refractivity contribution in [3.05, 3.63) is 29.8 Å². The molecule has 0 heterocycles. The first-order valence-corrected chi connectivity index (χ1v) is 7.26. The van der Waals surface area contributed by atoms with Crippen LogP contribution in [0.5, 0.6) is 5.75 Å². The van der Waals surface area contributed by atoms with Crippen LogP contribution < -0.4 is 10.1 Å². The summed E-state index contributed by atoms with van der Waals surface area (Å²) in [7, 11) is 0. The molecule has 4 heteroatoms. The van der Waals surface area contributed by atoms with E-state index >= 15 is 0 Å². The van der Waals surface area contributed by atoms with E-state index in [2.05, 4.69) is 5.32 Å². The standard InChI is InChI=1S/C16H21NO3/c1-2-12-6-5-9-14(10-12)20-15(18)11-17-16(19)13-7-3-4-8-13/h5-6,9-10,13H,2-4,7-8,11H2,1H3,(H,17,19). The van der Waals surface area contributed by atoms with Gasteiger partial charge in [0.05, 0.1) is 0 Å². The highest BCUT2D eigenvalue weighted by Crippen LogP contribution is 2.24. The summed E-state index contributed by atoms with van der Waals surface area (Å²) in [6.07, 6.45) is 4.96. The van der Waals surface area contributed by atoms with Gasteiger partial charge >= 0.3 is 5.97 Å². The van der Waals surface area contributed by atoms with Gasteiger partial charge in [-0.05, 0) is 37.0 Å². The summed E-state index contributed by atoms with van der Waals surface area (Å²) in [6, 6.07) is 7.43. The number of aryl methyl sites for hydroxylation is 1. The number of hydrogen-bond acceptors (Lipinski definition) is 3. The van der Waals surface area contributed by atoms with Crippen LogP contribution in [-0.2, 0) is 16.0 Å². The topological polar surface area (TPSA) is 55.4 Å². The maximum Gasteiger partial charge on any atom is 0.330 e. The number of carbonyl (C=O) groups excluding carboxylic acids is 2. The third-order valence-corrected chi connectivity index (χ3v) is 3.67. The zero-order valence-corrected chi connectivity index (χ0v) is 11.9. The summed E-state index contributed by atoms with van der Waals surface area (Å²) in [5.41, 5.74) is 1.12. The Morgan fingerprint density at radius 2 is 2.05 bits per heavy atom. The highest BCUT2D eigenvalue weighted by molar-refractivity contribution is 5.84. The van der Waals surface area contributed by atoms with Crippen LogP contribution >= 0.6 is 0 Å². The number of ether oxygens (including phenoxy) is 1. The molecule has 1 fully saturated rings. The molecule has 0 atom stereocenters. The molecule has 1 saturated carbocycles. The highest BCUT2D eigenvalue weighted by Gasteiger charge is 2.22. The Labute approximate surface area is 119 Å². The van der Waals surface area contributed by atoms with Crippen LogP contribution in [-0.4, -0.2) is 18.4 Å². The SMILES string of the molecule is CCc1cccc(OC(=O)CNC(=O)C2CCCC2)c1. The predicted molar refractivity (Wildman–Crippen MR) is 76.4 cm³/mol. The van der Waals surface area contributed by atoms with Crippen molar-refractivity contribution in [2.45, 2.75) is 39.0 Å². The van der Waals surface area contributed by atoms with Crippen molar-refractivity contribution in [3.8, 4) is 5.75 Å². The second kappa shape index (κ2) is 7.08. The van der Waals surface area contributed by atoms with Crippen LogP contribution in [0.25, 0.3) is 0 Å². The molecule has 1 amide bonds. The molecule has 0 aliphatic heterocycles. The molecular formula is C16H21NO3. The quantitative estimate of drug-likeness (QED) is 0.663. The summed E-state index contributed by atoms with van der Waals surface area (Å²) in [4.78, 5) is 23.5. The Morgan fingerprint density at radius 3 is 2.75 bits per heavy atom. The predicted octanol–water partition coefficient (Wildman–Crippen LogP) is 2.46. The van der Waals surface area contributed by atoms with Gasteiger partial charge in [0.15, 0.2) is 0 Å². The van der Waals surface area contributed by atoms with Crippen molar-refractivity contribution >= 4 is 11.9 Å². The Hall–Kier alpha value is -1.84. The minimum Gasteiger partial charge on any atom is -0.425 e. The number of esters is 1. The molecule has 0 saturated heterocycles. The van der Waals surface area contributed by atoms with E-state index in [1.54, 1.807) is 6.07 Å². The Kier molecular flexibility index (Phi) is 5.16. The average molecular weight is 275 g/mol. The molecule has 1 N–H and O–H groups in total. The third kappa shape index (κ3) is 4.08. The number of rotatable bonds is 5. The first-order valence-electron chi connectivity index (χ1n) is 7.26. The molecule has 1 aromatic rings. The summed E-state index contributed by atoms with van der Waals surface area (Å²) < 4.78 is 5.22. The fourth-order valence-electron chi connectivity index (χ4n) is 2.49. The number of benzene rings is 1. The number of carbonyl (C=O) groups is 2. The van der Waals surface area contributed by atoms with E-state index in [-0.39, 0.29) is 18.4 Å². The Balaban J connectivity index is 1.78. The molecule has 0 unspecified atom stereocenters. The minimum absolute atomic E-state index is 0.0261. The Morgan fingerprint density at radius 1 is 1.30 bits per heavy atom. The second-order valence-corrected chi connectivity index (χ2v) is 5.17. The number of nitrogens with one attached hydrogen (secondary N) is 1. The molecule has 2 rings (SSSR count). The average Bonchev–Trinajstić information content (AvgIpc) is 2.99. The van der Waals surface area contributed by atoms with Crippen LogP contribution in [0.2, 0.25) is 0 Å². The van der Waals surface area contributed by atoms with E-state index in [0.717, 1.165) is 37.7 Å². The van der Waals surface area contributed by atoms with Crippen molar-refractivity contribution in [1.82, 2.24) is 5.32 Å². The van der Waals surface area contributed by atoms with Crippen molar-refractivity contribution in [1.29, 1.82) is 0 Å². The van der Waals surface area contributed by atoms with Gasteiger partial charge in [-0.15, -0.1) is 0 Å². The maximum absolute atomic E-state index is 11.8. The van der Waals surface area contributed by atoms with Gasteiger partial charge in [-0.1, -0.05) is 31.9 Å². The lowest BCUT2D eigenvalue weighted by atomic mass is 10.1. The van der Waals surface area contributed by atoms with Crippen molar-refractivity contribution < 1.29 is 14.3 Å². The van der Waals surface area contributed by atoms with E-state index in [1.165, 1.54) is 0 Å². The summed E-state index contributed by atoms with van der Waals surface area (Å²) in [6.45, 7) is 1.98. The molecule has 0 aromatic heterocycles. The number of amides is 1. The molecule has 20 heavy (non-hydrogen) atoms. The van der Waals surface area contributed by atoms with Gasteiger partial charge in [0.1, 0.15) is 12.3 Å². The van der Waals surface area contributed by atoms with Gasteiger partial charge in [0, 0.05) is 5.92 Å². The molecule has 108 valence electrons. The Bertz CT molecular complexity index is 478. The molecular weight excluding hydrogens is 254 g/mol. The van der Waals surface area contributed by atoms with Gasteiger partial charge in [-0.25, -0.2) is 4.79 Å². The molecule has 0 bridgehead atoms. The molecule has 0 spiro atoms. The normalized spacial score (nSPS) is 15.1. The smallest absolute Gasteiger partial charge is 0.330 e. The monoisotopic (exact) mass is 275 g/mol. The lowest BCUT2D eigenvalue weighted by Crippen LogP contribution is -2.35. The third-order valence-electron chi connectivity index (χ3n) is 3.67. The van der Waals surface area contributed by atoms with Gasteiger partial charge < -0.3 is 10.1 Å². The fourth-order valence-corrected chi connectivity index (χ4v) is 2.49. The molecule has 4 nitrogen and oxygen atoms in total. The van der Waals surface area contributed by atoms with E-state index in [9.17, 15) is 9.59 Å². The maximum atomic E-state index is 11.8. The van der Waals surface area contributed by atoms with Crippen LogP contribution in [0.1, 0.15) is 38.2 Å². The summed E-state index contributed by atoms with van der Waals surface area (Å²) in [5, 5.41) is 2.66. The van der Waals surface area contributed by atoms with Gasteiger partial charge in [0.2, 0.25) is 5.91 Å². The second-order valence-electron chi connectivity index (χ2n) is 5.17. The molecule has 0 radical (unpaired) electrons. The van der Waals surface area contributed by atoms with E-state index in [4.69, 9.17) is 4.74 Å². The molecule has 1 aromatic carbocycles. The molecule has 1 aliphatic rings. The van der Waals surface area contributed by atoms with Crippen LogP contribution in [0.4, 0.5) is 0 Å². The number of hydrogen-bond donors (Lipinski definition) is 1. The lowest BCUT2D eigenvalue weighted by Gasteiger charge is -2.10. The van der Waals surface area contributed by atoms with Crippen LogP contribution in [0.15, 0.2) is 24.3 Å². The van der Waals surface area contributed by atoms with Crippen LogP contribution in [0.3, 0.4) is 0 Å². The summed E-state index contributed by atoms with van der Waals surface area (Å²) in [5.74, 6) is 0.155. The first kappa shape index (κ1) is 14.6. The van der Waals surface area contributed by atoms with E-state index in [1.807, 2.05) is 25.1 Å². The van der Waals surface area contributed by atoms with Crippen LogP contribution in [0, 0.1) is 5.92 Å². The van der Waals surface area contributed by atoms with Crippen molar-refractivity contribution in [2.24, 2.45) is 5.92 Å². The fraction of sp³-hybridized carbons (Fsp3) is 0.500. The van der Waals surface area contributed by atoms with Gasteiger partial charge in [-0.3, -0.25) is 4.79 Å². The zero-order valence-electron chi connectivity index (χ0n) is 11.9. The van der Waals surface area contributed by atoms with E-state index < -0.39 is 5.97 Å². The highest BCUT2D eigenvalue weighted by atomic mass is 16.5. The lowest BCUT2D eigenvalue weighted by molar-refractivity contribution is -0.136. The first-order chi connectivity index (χ1) is 9.69. The largest absolute Gasteiger partial charge is 0.425 e. The molecule has 1 aliphatic carbocycles. The minimum atomic E-state index is -0.426. The zero-order chi connectivity index (χ0) is 14.4. The van der Waals surface area contributed by atoms with Crippen molar-refractivity contribution in [3.63, 3.8) is 0 Å². The van der Waals surface area contributed by atoms with Gasteiger partial charge in [0.25, 0.3) is 0 Å². The summed E-state index contributed by atoms with van der Waals surface area (Å²) >= 11 is 0. The van der Waals surface area contributed by atoms with Crippen molar-refractivity contribution in [2.75, 3.05) is 6.54 Å². The van der Waals surface area contributed by atoms with E-state index in [0.29, 0.717) is 5.75 Å². The van der Waals surface area contributed by atoms with Gasteiger partial charge in [-0.2, -0.15) is 0 Å².